The Morgan fingerprint density at radius 1 is 1.16 bits per heavy atom. The second-order valence-corrected chi connectivity index (χ2v) is 4.39. The molecule has 0 aliphatic heterocycles. The quantitative estimate of drug-likeness (QED) is 0.682. The third-order valence-corrected chi connectivity index (χ3v) is 3.07. The van der Waals surface area contributed by atoms with Gasteiger partial charge in [0.05, 0.1) is 11.0 Å². The van der Waals surface area contributed by atoms with Gasteiger partial charge in [0.25, 0.3) is 0 Å². The molecule has 96 valence electrons. The zero-order valence-electron chi connectivity index (χ0n) is 10.2. The van der Waals surface area contributed by atoms with Crippen molar-refractivity contribution in [2.45, 2.75) is 6.92 Å². The molecule has 3 nitrogen and oxygen atoms in total. The van der Waals surface area contributed by atoms with Crippen LogP contribution in [-0.4, -0.2) is 9.55 Å². The SMILES string of the molecule is Cc1ccc(F)c(-n2cnc3cc(N)ccc32)c1F. The molecule has 1 heterocycles. The number of hydrogen-bond donors (Lipinski definition) is 1. The average Bonchev–Trinajstić information content (AvgIpc) is 2.77. The molecule has 3 aromatic rings. The van der Waals surface area contributed by atoms with Crippen LogP contribution in [0.5, 0.6) is 0 Å². The number of anilines is 1. The summed E-state index contributed by atoms with van der Waals surface area (Å²) in [6.07, 6.45) is 1.39. The molecule has 0 saturated heterocycles. The minimum absolute atomic E-state index is 0.118. The molecule has 0 unspecified atom stereocenters. The van der Waals surface area contributed by atoms with Crippen LogP contribution >= 0.6 is 0 Å². The van der Waals surface area contributed by atoms with Crippen molar-refractivity contribution in [3.8, 4) is 5.69 Å². The Morgan fingerprint density at radius 2 is 1.95 bits per heavy atom. The number of nitrogens with zero attached hydrogens (tertiary/aromatic N) is 2. The van der Waals surface area contributed by atoms with E-state index in [-0.39, 0.29) is 5.69 Å². The average molecular weight is 259 g/mol. The lowest BCUT2D eigenvalue weighted by molar-refractivity contribution is 0.565. The minimum atomic E-state index is -0.626. The first kappa shape index (κ1) is 11.6. The maximum Gasteiger partial charge on any atom is 0.153 e. The summed E-state index contributed by atoms with van der Waals surface area (Å²) in [4.78, 5) is 4.12. The lowest BCUT2D eigenvalue weighted by Gasteiger charge is -2.09. The number of aromatic nitrogens is 2. The van der Waals surface area contributed by atoms with Gasteiger partial charge in [-0.2, -0.15) is 0 Å². The Labute approximate surface area is 108 Å². The van der Waals surface area contributed by atoms with E-state index in [1.807, 2.05) is 0 Å². The molecule has 0 amide bonds. The number of aryl methyl sites for hydroxylation is 1. The van der Waals surface area contributed by atoms with Crippen molar-refractivity contribution in [3.63, 3.8) is 0 Å². The van der Waals surface area contributed by atoms with Gasteiger partial charge in [-0.3, -0.25) is 4.57 Å². The topological polar surface area (TPSA) is 43.8 Å². The predicted molar refractivity (Wildman–Crippen MR) is 70.1 cm³/mol. The number of benzene rings is 2. The van der Waals surface area contributed by atoms with Crippen LogP contribution in [0.25, 0.3) is 16.7 Å². The Kier molecular flexibility index (Phi) is 2.48. The fraction of sp³-hybridized carbons (Fsp3) is 0.0714. The molecule has 2 aromatic carbocycles. The molecule has 0 spiro atoms. The predicted octanol–water partition coefficient (Wildman–Crippen LogP) is 3.19. The molecule has 1 aromatic heterocycles. The normalized spacial score (nSPS) is 11.1. The Balaban J connectivity index is 2.34. The molecule has 0 atom stereocenters. The summed E-state index contributed by atoms with van der Waals surface area (Å²) in [5, 5.41) is 0. The van der Waals surface area contributed by atoms with Crippen LogP contribution in [-0.2, 0) is 0 Å². The molecule has 0 fully saturated rings. The van der Waals surface area contributed by atoms with Gasteiger partial charge in [0, 0.05) is 5.69 Å². The highest BCUT2D eigenvalue weighted by molar-refractivity contribution is 5.80. The largest absolute Gasteiger partial charge is 0.399 e. The van der Waals surface area contributed by atoms with Crippen molar-refractivity contribution < 1.29 is 8.78 Å². The Morgan fingerprint density at radius 3 is 2.74 bits per heavy atom. The molecule has 5 heteroatoms. The highest BCUT2D eigenvalue weighted by Gasteiger charge is 2.15. The van der Waals surface area contributed by atoms with E-state index in [0.29, 0.717) is 22.3 Å². The third-order valence-electron chi connectivity index (χ3n) is 3.07. The molecule has 0 aliphatic rings. The molecule has 19 heavy (non-hydrogen) atoms. The van der Waals surface area contributed by atoms with E-state index in [1.54, 1.807) is 25.1 Å². The van der Waals surface area contributed by atoms with Crippen molar-refractivity contribution in [1.82, 2.24) is 9.55 Å². The van der Waals surface area contributed by atoms with Gasteiger partial charge in [0.2, 0.25) is 0 Å². The monoisotopic (exact) mass is 259 g/mol. The van der Waals surface area contributed by atoms with E-state index in [2.05, 4.69) is 4.98 Å². The van der Waals surface area contributed by atoms with Gasteiger partial charge in [-0.25, -0.2) is 13.8 Å². The number of nitrogens with two attached hydrogens (primary N) is 1. The fourth-order valence-electron chi connectivity index (χ4n) is 2.07. The molecule has 0 bridgehead atoms. The van der Waals surface area contributed by atoms with E-state index >= 15 is 0 Å². The van der Waals surface area contributed by atoms with E-state index in [4.69, 9.17) is 5.73 Å². The summed E-state index contributed by atoms with van der Waals surface area (Å²) >= 11 is 0. The van der Waals surface area contributed by atoms with Gasteiger partial charge in [0.1, 0.15) is 17.8 Å². The van der Waals surface area contributed by atoms with Crippen LogP contribution in [0.3, 0.4) is 0 Å². The van der Waals surface area contributed by atoms with Gasteiger partial charge in [-0.15, -0.1) is 0 Å². The summed E-state index contributed by atoms with van der Waals surface area (Å²) in [6, 6.07) is 7.69. The first-order valence-corrected chi connectivity index (χ1v) is 5.75. The first-order chi connectivity index (χ1) is 9.08. The molecule has 0 radical (unpaired) electrons. The van der Waals surface area contributed by atoms with Crippen LogP contribution < -0.4 is 5.73 Å². The summed E-state index contributed by atoms with van der Waals surface area (Å²) in [5.74, 6) is -1.21. The number of halogens is 2. The minimum Gasteiger partial charge on any atom is -0.399 e. The molecule has 3 rings (SSSR count). The Bertz CT molecular complexity index is 778. The van der Waals surface area contributed by atoms with Gasteiger partial charge in [-0.05, 0) is 36.8 Å². The zero-order chi connectivity index (χ0) is 13.6. The summed E-state index contributed by atoms with van der Waals surface area (Å²) in [6.45, 7) is 1.59. The van der Waals surface area contributed by atoms with E-state index in [1.165, 1.54) is 23.0 Å². The lowest BCUT2D eigenvalue weighted by atomic mass is 10.2. The van der Waals surface area contributed by atoms with Gasteiger partial charge >= 0.3 is 0 Å². The summed E-state index contributed by atoms with van der Waals surface area (Å²) < 4.78 is 29.4. The smallest absolute Gasteiger partial charge is 0.153 e. The third kappa shape index (κ3) is 1.74. The van der Waals surface area contributed by atoms with Crippen LogP contribution in [0.1, 0.15) is 5.56 Å². The van der Waals surface area contributed by atoms with Crippen molar-refractivity contribution in [1.29, 1.82) is 0 Å². The number of imidazole rings is 1. The van der Waals surface area contributed by atoms with Crippen LogP contribution in [0.4, 0.5) is 14.5 Å². The Hall–Kier alpha value is -2.43. The van der Waals surface area contributed by atoms with Crippen LogP contribution in [0, 0.1) is 18.6 Å². The van der Waals surface area contributed by atoms with Crippen LogP contribution in [0.15, 0.2) is 36.7 Å². The molecular weight excluding hydrogens is 248 g/mol. The van der Waals surface area contributed by atoms with Crippen molar-refractivity contribution >= 4 is 16.7 Å². The molecule has 0 aliphatic carbocycles. The maximum atomic E-state index is 14.1. The summed E-state index contributed by atoms with van der Waals surface area (Å²) in [7, 11) is 0. The van der Waals surface area contributed by atoms with Crippen molar-refractivity contribution in [3.05, 3.63) is 53.9 Å². The highest BCUT2D eigenvalue weighted by Crippen LogP contribution is 2.25. The first-order valence-electron chi connectivity index (χ1n) is 5.75. The van der Waals surface area contributed by atoms with Crippen LogP contribution in [0.2, 0.25) is 0 Å². The van der Waals surface area contributed by atoms with E-state index in [0.717, 1.165) is 0 Å². The van der Waals surface area contributed by atoms with E-state index in [9.17, 15) is 8.78 Å². The van der Waals surface area contributed by atoms with Crippen molar-refractivity contribution in [2.75, 3.05) is 5.73 Å². The molecule has 2 N–H and O–H groups in total. The molecular formula is C14H11F2N3. The molecule has 0 saturated carbocycles. The van der Waals surface area contributed by atoms with Crippen molar-refractivity contribution in [2.24, 2.45) is 0 Å². The lowest BCUT2D eigenvalue weighted by Crippen LogP contribution is -2.02. The maximum absolute atomic E-state index is 14.1. The second-order valence-electron chi connectivity index (χ2n) is 4.39. The fourth-order valence-corrected chi connectivity index (χ4v) is 2.07. The number of rotatable bonds is 1. The van der Waals surface area contributed by atoms with Gasteiger partial charge in [-0.1, -0.05) is 6.07 Å². The van der Waals surface area contributed by atoms with E-state index < -0.39 is 11.6 Å². The van der Waals surface area contributed by atoms with Gasteiger partial charge < -0.3 is 5.73 Å². The van der Waals surface area contributed by atoms with Gasteiger partial charge in [0.15, 0.2) is 5.82 Å². The summed E-state index contributed by atoms with van der Waals surface area (Å²) in [5.41, 5.74) is 7.69. The standard InChI is InChI=1S/C14H11F2N3/c1-8-2-4-10(15)14(13(8)16)19-7-18-11-6-9(17)3-5-12(11)19/h2-7H,17H2,1H3. The number of fused-ring (bicyclic) bond motifs is 1. The zero-order valence-corrected chi connectivity index (χ0v) is 10.2. The number of hydrogen-bond acceptors (Lipinski definition) is 2. The highest BCUT2D eigenvalue weighted by atomic mass is 19.1. The second kappa shape index (κ2) is 4.05. The number of nitrogen functional groups attached to an aromatic ring is 1.